The molecule has 0 unspecified atom stereocenters. The van der Waals surface area contributed by atoms with Gasteiger partial charge < -0.3 is 15.4 Å². The van der Waals surface area contributed by atoms with Gasteiger partial charge >= 0.3 is 0 Å². The van der Waals surface area contributed by atoms with E-state index in [0.29, 0.717) is 12.2 Å². The second-order valence-electron chi connectivity index (χ2n) is 4.38. The Kier molecular flexibility index (Phi) is 5.40. The maximum atomic E-state index is 7.32. The molecule has 0 aliphatic rings. The molecule has 21 heavy (non-hydrogen) atoms. The fourth-order valence-electron chi connectivity index (χ4n) is 1.46. The number of nitrogens with two attached hydrogens (primary N) is 1. The number of amidine groups is 1. The molecular formula is C13H17N5OS2. The second-order valence-corrected chi connectivity index (χ2v) is 6.68. The summed E-state index contributed by atoms with van der Waals surface area (Å²) in [6, 6.07) is 7.19. The highest BCUT2D eigenvalue weighted by atomic mass is 32.2. The van der Waals surface area contributed by atoms with Crippen molar-refractivity contribution in [1.82, 2.24) is 10.2 Å². The third-order valence-corrected chi connectivity index (χ3v) is 4.71. The normalized spacial score (nSPS) is 10.4. The van der Waals surface area contributed by atoms with Crippen molar-refractivity contribution in [3.8, 4) is 5.75 Å². The summed E-state index contributed by atoms with van der Waals surface area (Å²) in [5.41, 5.74) is 6.09. The Labute approximate surface area is 131 Å². The molecule has 3 N–H and O–H groups in total. The molecular weight excluding hydrogens is 306 g/mol. The summed E-state index contributed by atoms with van der Waals surface area (Å²) in [7, 11) is 3.89. The van der Waals surface area contributed by atoms with Gasteiger partial charge in [-0.25, -0.2) is 0 Å². The largest absolute Gasteiger partial charge is 0.493 e. The van der Waals surface area contributed by atoms with Crippen LogP contribution in [0.25, 0.3) is 0 Å². The lowest BCUT2D eigenvalue weighted by molar-refractivity contribution is 0.344. The van der Waals surface area contributed by atoms with Gasteiger partial charge in [-0.2, -0.15) is 0 Å². The fourth-order valence-corrected chi connectivity index (χ4v) is 3.11. The number of hydrogen-bond donors (Lipinski definition) is 2. The molecule has 6 nitrogen and oxygen atoms in total. The quantitative estimate of drug-likeness (QED) is 0.351. The Bertz CT molecular complexity index is 597. The summed E-state index contributed by atoms with van der Waals surface area (Å²) in [6.07, 6.45) is 0. The van der Waals surface area contributed by atoms with Crippen LogP contribution in [0, 0.1) is 5.41 Å². The number of thioether (sulfide) groups is 1. The zero-order valence-electron chi connectivity index (χ0n) is 11.9. The average molecular weight is 323 g/mol. The number of aromatic nitrogens is 2. The minimum absolute atomic E-state index is 0.0603. The third kappa shape index (κ3) is 4.61. The van der Waals surface area contributed by atoms with Crippen molar-refractivity contribution in [2.75, 3.05) is 31.4 Å². The Morgan fingerprint density at radius 2 is 2.05 bits per heavy atom. The number of nitrogens with zero attached hydrogens (tertiary/aromatic N) is 3. The highest BCUT2D eigenvalue weighted by molar-refractivity contribution is 8.01. The van der Waals surface area contributed by atoms with E-state index in [2.05, 4.69) is 10.2 Å². The predicted molar refractivity (Wildman–Crippen MR) is 87.9 cm³/mol. The molecule has 0 amide bonds. The van der Waals surface area contributed by atoms with Gasteiger partial charge in [-0.1, -0.05) is 23.1 Å². The molecule has 0 aliphatic heterocycles. The molecule has 0 saturated heterocycles. The Balaban J connectivity index is 1.75. The molecule has 0 radical (unpaired) electrons. The summed E-state index contributed by atoms with van der Waals surface area (Å²) in [6.45, 7) is 0.584. The first-order valence-electron chi connectivity index (χ1n) is 6.27. The van der Waals surface area contributed by atoms with Gasteiger partial charge in [-0.15, -0.1) is 10.2 Å². The Hall–Kier alpha value is -1.80. The van der Waals surface area contributed by atoms with Gasteiger partial charge in [0.05, 0.1) is 6.61 Å². The molecule has 0 aliphatic carbocycles. The Morgan fingerprint density at radius 3 is 2.62 bits per heavy atom. The second kappa shape index (κ2) is 7.28. The van der Waals surface area contributed by atoms with E-state index >= 15 is 0 Å². The van der Waals surface area contributed by atoms with Crippen molar-refractivity contribution in [2.24, 2.45) is 5.73 Å². The van der Waals surface area contributed by atoms with Crippen LogP contribution in [-0.4, -0.2) is 42.5 Å². The van der Waals surface area contributed by atoms with Gasteiger partial charge in [0.2, 0.25) is 5.13 Å². The summed E-state index contributed by atoms with van der Waals surface area (Å²) < 4.78 is 6.57. The molecule has 1 aromatic heterocycles. The van der Waals surface area contributed by atoms with Crippen LogP contribution in [0.15, 0.2) is 28.6 Å². The average Bonchev–Trinajstić information content (AvgIpc) is 2.93. The highest BCUT2D eigenvalue weighted by Crippen LogP contribution is 2.26. The number of rotatable bonds is 7. The molecule has 2 aromatic rings. The van der Waals surface area contributed by atoms with Crippen LogP contribution in [0.2, 0.25) is 0 Å². The van der Waals surface area contributed by atoms with Crippen LogP contribution >= 0.6 is 23.1 Å². The van der Waals surface area contributed by atoms with E-state index < -0.39 is 0 Å². The van der Waals surface area contributed by atoms with Crippen molar-refractivity contribution in [1.29, 1.82) is 5.41 Å². The molecule has 0 saturated carbocycles. The van der Waals surface area contributed by atoms with Crippen molar-refractivity contribution in [2.45, 2.75) is 4.34 Å². The molecule has 0 fully saturated rings. The van der Waals surface area contributed by atoms with Gasteiger partial charge in [-0.05, 0) is 24.3 Å². The maximum absolute atomic E-state index is 7.32. The van der Waals surface area contributed by atoms with E-state index in [1.165, 1.54) is 0 Å². The number of anilines is 1. The highest BCUT2D eigenvalue weighted by Gasteiger charge is 2.06. The summed E-state index contributed by atoms with van der Waals surface area (Å²) >= 11 is 3.19. The van der Waals surface area contributed by atoms with Gasteiger partial charge in [-0.3, -0.25) is 5.41 Å². The van der Waals surface area contributed by atoms with E-state index in [1.807, 2.05) is 31.1 Å². The zero-order valence-corrected chi connectivity index (χ0v) is 13.5. The first-order valence-corrected chi connectivity index (χ1v) is 8.07. The summed E-state index contributed by atoms with van der Waals surface area (Å²) in [5.74, 6) is 1.63. The molecule has 1 heterocycles. The Morgan fingerprint density at radius 1 is 1.33 bits per heavy atom. The van der Waals surface area contributed by atoms with Crippen LogP contribution in [0.5, 0.6) is 5.75 Å². The van der Waals surface area contributed by atoms with Crippen LogP contribution in [0.1, 0.15) is 5.56 Å². The SMILES string of the molecule is CN(C)c1nnc(SCCOc2ccc(C(=N)N)cc2)s1. The topological polar surface area (TPSA) is 88.1 Å². The van der Waals surface area contributed by atoms with Crippen molar-refractivity contribution < 1.29 is 4.74 Å². The number of nitrogen functional groups attached to an aromatic ring is 1. The first kappa shape index (κ1) is 15.6. The predicted octanol–water partition coefficient (Wildman–Crippen LogP) is 2.06. The van der Waals surface area contributed by atoms with Crippen molar-refractivity contribution in [3.05, 3.63) is 29.8 Å². The molecule has 2 rings (SSSR count). The van der Waals surface area contributed by atoms with Crippen molar-refractivity contribution >= 4 is 34.1 Å². The minimum atomic E-state index is 0.0603. The standard InChI is InChI=1S/C13H17N5OS2/c1-18(2)12-16-17-13(21-12)20-8-7-19-10-5-3-9(4-6-10)11(14)15/h3-6H,7-8H2,1-2H3,(H3,14,15). The van der Waals surface area contributed by atoms with E-state index in [9.17, 15) is 0 Å². The number of nitrogens with one attached hydrogen (secondary N) is 1. The first-order chi connectivity index (χ1) is 10.1. The number of ether oxygens (including phenoxy) is 1. The van der Waals surface area contributed by atoms with Gasteiger partial charge in [0, 0.05) is 25.4 Å². The number of benzene rings is 1. The molecule has 8 heteroatoms. The molecule has 1 aromatic carbocycles. The maximum Gasteiger partial charge on any atom is 0.208 e. The third-order valence-electron chi connectivity index (χ3n) is 2.52. The van der Waals surface area contributed by atoms with Crippen LogP contribution in [0.3, 0.4) is 0 Å². The minimum Gasteiger partial charge on any atom is -0.493 e. The van der Waals surface area contributed by atoms with Crippen LogP contribution < -0.4 is 15.4 Å². The molecule has 0 atom stereocenters. The molecule has 0 bridgehead atoms. The van der Waals surface area contributed by atoms with Crippen LogP contribution in [-0.2, 0) is 0 Å². The molecule has 0 spiro atoms. The smallest absolute Gasteiger partial charge is 0.208 e. The fraction of sp³-hybridized carbons (Fsp3) is 0.308. The monoisotopic (exact) mass is 323 g/mol. The zero-order chi connectivity index (χ0) is 15.2. The van der Waals surface area contributed by atoms with E-state index in [-0.39, 0.29) is 5.84 Å². The summed E-state index contributed by atoms with van der Waals surface area (Å²) in [4.78, 5) is 1.94. The van der Waals surface area contributed by atoms with Gasteiger partial charge in [0.1, 0.15) is 11.6 Å². The van der Waals surface area contributed by atoms with E-state index in [1.54, 1.807) is 35.2 Å². The van der Waals surface area contributed by atoms with Gasteiger partial charge in [0.25, 0.3) is 0 Å². The molecule has 112 valence electrons. The summed E-state index contributed by atoms with van der Waals surface area (Å²) in [5, 5.41) is 16.4. The van der Waals surface area contributed by atoms with E-state index in [0.717, 1.165) is 21.0 Å². The van der Waals surface area contributed by atoms with E-state index in [4.69, 9.17) is 15.9 Å². The number of hydrogen-bond acceptors (Lipinski definition) is 7. The van der Waals surface area contributed by atoms with Crippen LogP contribution in [0.4, 0.5) is 5.13 Å². The lowest BCUT2D eigenvalue weighted by Crippen LogP contribution is -2.10. The van der Waals surface area contributed by atoms with Gasteiger partial charge in [0.15, 0.2) is 4.34 Å². The lowest BCUT2D eigenvalue weighted by Gasteiger charge is -2.06. The van der Waals surface area contributed by atoms with Crippen molar-refractivity contribution in [3.63, 3.8) is 0 Å². The lowest BCUT2D eigenvalue weighted by atomic mass is 10.2.